The molecule has 1 aromatic rings. The van der Waals surface area contributed by atoms with Gasteiger partial charge in [-0.3, -0.25) is 9.59 Å². The van der Waals surface area contributed by atoms with Crippen LogP contribution in [0.15, 0.2) is 48.6 Å². The molecule has 3 rings (SSSR count). The van der Waals surface area contributed by atoms with Crippen LogP contribution in [0.3, 0.4) is 0 Å². The Morgan fingerprint density at radius 2 is 1.58 bits per heavy atom. The first kappa shape index (κ1) is 11.9. The summed E-state index contributed by atoms with van der Waals surface area (Å²) in [6, 6.07) is 6.82. The van der Waals surface area contributed by atoms with Crippen LogP contribution in [0.2, 0.25) is 0 Å². The summed E-state index contributed by atoms with van der Waals surface area (Å²) >= 11 is 0. The average Bonchev–Trinajstić information content (AvgIpc) is 2.73. The molecule has 19 heavy (non-hydrogen) atoms. The number of methoxy groups -OCH3 is 1. The van der Waals surface area contributed by atoms with E-state index in [4.69, 9.17) is 4.74 Å². The molecule has 0 saturated heterocycles. The fraction of sp³-hybridized carbons (Fsp3) is 0.200. The quantitative estimate of drug-likeness (QED) is 0.601. The van der Waals surface area contributed by atoms with Crippen LogP contribution in [0.1, 0.15) is 27.1 Å². The summed E-state index contributed by atoms with van der Waals surface area (Å²) in [6.07, 6.45) is 8.03. The Labute approximate surface area is 111 Å². The number of carbonyl (C=O) groups excluding carboxylic acids is 2. The van der Waals surface area contributed by atoms with E-state index >= 15 is 0 Å². The lowest BCUT2D eigenvalue weighted by molar-refractivity contribution is -0.0323. The zero-order valence-corrected chi connectivity index (χ0v) is 10.5. The van der Waals surface area contributed by atoms with Crippen molar-refractivity contribution in [1.29, 1.82) is 0 Å². The molecular formula is C15H13NO3. The van der Waals surface area contributed by atoms with Gasteiger partial charge in [0.2, 0.25) is 0 Å². The average molecular weight is 255 g/mol. The summed E-state index contributed by atoms with van der Waals surface area (Å²) in [4.78, 5) is 26.0. The highest BCUT2D eigenvalue weighted by Crippen LogP contribution is 2.33. The van der Waals surface area contributed by atoms with Gasteiger partial charge in [0.05, 0.1) is 11.1 Å². The van der Waals surface area contributed by atoms with Gasteiger partial charge in [-0.15, -0.1) is 0 Å². The number of imide groups is 1. The van der Waals surface area contributed by atoms with Crippen LogP contribution >= 0.6 is 0 Å². The first-order valence-corrected chi connectivity index (χ1v) is 6.08. The lowest BCUT2D eigenvalue weighted by Gasteiger charge is -2.35. The Morgan fingerprint density at radius 1 is 1.05 bits per heavy atom. The maximum absolute atomic E-state index is 12.4. The summed E-state index contributed by atoms with van der Waals surface area (Å²) in [5.41, 5.74) is -0.251. The second-order valence-electron chi connectivity index (χ2n) is 4.49. The fourth-order valence-corrected chi connectivity index (χ4v) is 2.49. The van der Waals surface area contributed by atoms with Crippen LogP contribution in [-0.2, 0) is 4.74 Å². The number of rotatable bonds is 2. The molecular weight excluding hydrogens is 242 g/mol. The molecule has 0 aromatic heterocycles. The molecule has 0 N–H and O–H groups in total. The van der Waals surface area contributed by atoms with E-state index < -0.39 is 5.72 Å². The topological polar surface area (TPSA) is 46.6 Å². The van der Waals surface area contributed by atoms with Gasteiger partial charge in [0.25, 0.3) is 11.8 Å². The number of nitrogens with zero attached hydrogens (tertiary/aromatic N) is 1. The number of benzene rings is 1. The molecule has 0 bridgehead atoms. The second-order valence-corrected chi connectivity index (χ2v) is 4.49. The van der Waals surface area contributed by atoms with Crippen molar-refractivity contribution in [2.24, 2.45) is 0 Å². The first-order chi connectivity index (χ1) is 9.19. The number of allylic oxidation sites excluding steroid dienone is 2. The van der Waals surface area contributed by atoms with Gasteiger partial charge >= 0.3 is 0 Å². The molecule has 1 aliphatic carbocycles. The normalized spacial score (nSPS) is 19.9. The summed E-state index contributed by atoms with van der Waals surface area (Å²) in [7, 11) is 1.49. The van der Waals surface area contributed by atoms with E-state index in [9.17, 15) is 9.59 Å². The lowest BCUT2D eigenvalue weighted by Crippen LogP contribution is -2.51. The van der Waals surface area contributed by atoms with E-state index in [1.165, 1.54) is 12.0 Å². The number of ether oxygens (including phenoxy) is 1. The van der Waals surface area contributed by atoms with E-state index in [2.05, 4.69) is 0 Å². The van der Waals surface area contributed by atoms with Gasteiger partial charge in [-0.2, -0.15) is 0 Å². The first-order valence-electron chi connectivity index (χ1n) is 6.08. The van der Waals surface area contributed by atoms with Crippen LogP contribution in [-0.4, -0.2) is 29.5 Å². The molecule has 0 saturated carbocycles. The largest absolute Gasteiger partial charge is 0.351 e. The summed E-state index contributed by atoms with van der Waals surface area (Å²) in [5, 5.41) is 0. The molecule has 96 valence electrons. The third-order valence-corrected chi connectivity index (χ3v) is 3.46. The van der Waals surface area contributed by atoms with Crippen molar-refractivity contribution >= 4 is 11.8 Å². The summed E-state index contributed by atoms with van der Waals surface area (Å²) in [5.74, 6) is -0.641. The minimum atomic E-state index is -1.11. The van der Waals surface area contributed by atoms with Gasteiger partial charge in [-0.05, 0) is 30.7 Å². The molecule has 0 unspecified atom stereocenters. The zero-order valence-electron chi connectivity index (χ0n) is 10.5. The molecule has 2 aliphatic rings. The van der Waals surface area contributed by atoms with Gasteiger partial charge in [0.15, 0.2) is 5.72 Å². The van der Waals surface area contributed by atoms with Crippen LogP contribution in [0.25, 0.3) is 0 Å². The number of amides is 2. The highest BCUT2D eigenvalue weighted by Gasteiger charge is 2.47. The van der Waals surface area contributed by atoms with E-state index in [-0.39, 0.29) is 11.8 Å². The Hall–Kier alpha value is -2.20. The molecule has 2 amide bonds. The number of hydrogen-bond donors (Lipinski definition) is 0. The Balaban J connectivity index is 2.11. The van der Waals surface area contributed by atoms with Crippen molar-refractivity contribution in [2.45, 2.75) is 12.1 Å². The highest BCUT2D eigenvalue weighted by atomic mass is 16.5. The van der Waals surface area contributed by atoms with Gasteiger partial charge < -0.3 is 4.74 Å². The van der Waals surface area contributed by atoms with Gasteiger partial charge in [-0.1, -0.05) is 24.3 Å². The maximum atomic E-state index is 12.4. The van der Waals surface area contributed by atoms with Crippen molar-refractivity contribution in [3.8, 4) is 0 Å². The molecule has 4 heteroatoms. The second kappa shape index (κ2) is 4.17. The molecule has 0 spiro atoms. The zero-order chi connectivity index (χ0) is 13.5. The van der Waals surface area contributed by atoms with Crippen LogP contribution in [0.5, 0.6) is 0 Å². The van der Waals surface area contributed by atoms with Crippen LogP contribution < -0.4 is 0 Å². The predicted molar refractivity (Wildman–Crippen MR) is 69.6 cm³/mol. The van der Waals surface area contributed by atoms with Crippen molar-refractivity contribution in [1.82, 2.24) is 4.90 Å². The monoisotopic (exact) mass is 255 g/mol. The smallest absolute Gasteiger partial charge is 0.264 e. The van der Waals surface area contributed by atoms with E-state index in [0.717, 1.165) is 6.42 Å². The Bertz CT molecular complexity index is 569. The molecule has 0 fully saturated rings. The summed E-state index contributed by atoms with van der Waals surface area (Å²) < 4.78 is 5.45. The predicted octanol–water partition coefficient (Wildman–Crippen LogP) is 2.14. The Morgan fingerprint density at radius 3 is 2.05 bits per heavy atom. The molecule has 0 radical (unpaired) electrons. The van der Waals surface area contributed by atoms with Crippen molar-refractivity contribution in [3.05, 3.63) is 59.7 Å². The molecule has 1 aromatic carbocycles. The minimum absolute atomic E-state index is 0.321. The highest BCUT2D eigenvalue weighted by molar-refractivity contribution is 6.22. The van der Waals surface area contributed by atoms with Crippen molar-refractivity contribution in [3.63, 3.8) is 0 Å². The van der Waals surface area contributed by atoms with Crippen LogP contribution in [0, 0.1) is 0 Å². The number of carbonyl (C=O) groups is 2. The van der Waals surface area contributed by atoms with E-state index in [1.807, 2.05) is 12.2 Å². The van der Waals surface area contributed by atoms with E-state index in [1.54, 1.807) is 36.4 Å². The van der Waals surface area contributed by atoms with Gasteiger partial charge in [0, 0.05) is 7.11 Å². The standard InChI is InChI=1S/C15H13NO3/c1-19-15(9-5-2-6-10-15)16-13(17)11-7-3-4-8-12(11)14(16)18/h3-10H,2H2,1H3. The molecule has 1 heterocycles. The number of fused-ring (bicyclic) bond motifs is 1. The third kappa shape index (κ3) is 1.57. The molecule has 4 nitrogen and oxygen atoms in total. The number of hydrogen-bond acceptors (Lipinski definition) is 3. The van der Waals surface area contributed by atoms with Crippen molar-refractivity contribution in [2.75, 3.05) is 7.11 Å². The van der Waals surface area contributed by atoms with Gasteiger partial charge in [-0.25, -0.2) is 4.90 Å². The SMILES string of the molecule is COC1(N2C(=O)c3ccccc3C2=O)C=CCC=C1. The van der Waals surface area contributed by atoms with E-state index in [0.29, 0.717) is 11.1 Å². The van der Waals surface area contributed by atoms with Crippen molar-refractivity contribution < 1.29 is 14.3 Å². The lowest BCUT2D eigenvalue weighted by atomic mass is 10.0. The Kier molecular flexibility index (Phi) is 2.61. The fourth-order valence-electron chi connectivity index (χ4n) is 2.49. The molecule has 0 atom stereocenters. The maximum Gasteiger partial charge on any atom is 0.264 e. The third-order valence-electron chi connectivity index (χ3n) is 3.46. The summed E-state index contributed by atoms with van der Waals surface area (Å²) in [6.45, 7) is 0. The molecule has 1 aliphatic heterocycles. The van der Waals surface area contributed by atoms with Gasteiger partial charge in [0.1, 0.15) is 0 Å². The minimum Gasteiger partial charge on any atom is -0.351 e. The van der Waals surface area contributed by atoms with Crippen LogP contribution in [0.4, 0.5) is 0 Å².